The first-order valence-electron chi connectivity index (χ1n) is 11.3. The molecule has 3 heteroatoms. The summed E-state index contributed by atoms with van der Waals surface area (Å²) in [5, 5.41) is 0. The van der Waals surface area contributed by atoms with Crippen LogP contribution in [0.5, 0.6) is 0 Å². The van der Waals surface area contributed by atoms with Crippen molar-refractivity contribution in [3.05, 3.63) is 0 Å². The maximum Gasteiger partial charge on any atom is 0.131 e. The van der Waals surface area contributed by atoms with Crippen LogP contribution in [0.25, 0.3) is 0 Å². The second-order valence-electron chi connectivity index (χ2n) is 8.63. The van der Waals surface area contributed by atoms with E-state index in [1.807, 2.05) is 0 Å². The zero-order valence-electron chi connectivity index (χ0n) is 16.6. The monoisotopic (exact) mass is 476 g/mol. The Hall–Kier alpha value is 0.907. The van der Waals surface area contributed by atoms with Crippen molar-refractivity contribution in [3.63, 3.8) is 0 Å². The molecule has 2 fully saturated rings. The Kier molecular flexibility index (Phi) is 12.4. The molecule has 0 heterocycles. The fourth-order valence-corrected chi connectivity index (χ4v) is 6.52. The van der Waals surface area contributed by atoms with Gasteiger partial charge in [-0.1, -0.05) is 58.3 Å². The topological polar surface area (TPSA) is 9.23 Å². The third-order valence-electron chi connectivity index (χ3n) is 6.76. The van der Waals surface area contributed by atoms with Crippen LogP contribution >= 0.6 is 21.8 Å². The summed E-state index contributed by atoms with van der Waals surface area (Å²) in [6.45, 7) is 3.32. The highest BCUT2D eigenvalue weighted by Gasteiger charge is 2.30. The molecule has 0 amide bonds. The molecule has 0 atom stereocenters. The lowest BCUT2D eigenvalue weighted by atomic mass is 9.70. The Morgan fingerprint density at radius 2 is 1.44 bits per heavy atom. The first kappa shape index (κ1) is 22.2. The van der Waals surface area contributed by atoms with Crippen LogP contribution in [-0.2, 0) is 4.74 Å². The fourth-order valence-electron chi connectivity index (χ4n) is 5.10. The van der Waals surface area contributed by atoms with Gasteiger partial charge in [-0.15, -0.1) is 21.8 Å². The van der Waals surface area contributed by atoms with Crippen molar-refractivity contribution in [2.24, 2.45) is 17.8 Å². The molecule has 0 unspecified atom stereocenters. The van der Waals surface area contributed by atoms with Gasteiger partial charge in [-0.2, -0.15) is 0 Å². The SMILES string of the molecule is CCCCCCCC1CCC(C2CCC(OCCC[Si]I)CC2)CC1. The van der Waals surface area contributed by atoms with Gasteiger partial charge in [-0.25, -0.2) is 0 Å². The van der Waals surface area contributed by atoms with Crippen LogP contribution in [0.4, 0.5) is 0 Å². The smallest absolute Gasteiger partial charge is 0.131 e. The standard InChI is InChI=1S/C22H41IOSi/c1-2-3-4-5-6-8-19-9-11-20(12-10-19)21-13-15-22(16-14-21)24-17-7-18-25-23/h19-22H,2-18H2,1H3. The van der Waals surface area contributed by atoms with Gasteiger partial charge >= 0.3 is 0 Å². The highest BCUT2D eigenvalue weighted by Crippen LogP contribution is 2.41. The van der Waals surface area contributed by atoms with Crippen molar-refractivity contribution in [2.45, 2.75) is 115 Å². The molecule has 1 nitrogen and oxygen atoms in total. The van der Waals surface area contributed by atoms with E-state index in [0.717, 1.165) is 31.4 Å². The minimum atomic E-state index is 0.591. The van der Waals surface area contributed by atoms with Crippen LogP contribution in [0.15, 0.2) is 0 Å². The molecule has 2 aliphatic rings. The molecule has 2 saturated carbocycles. The van der Waals surface area contributed by atoms with Crippen molar-refractivity contribution in [1.29, 1.82) is 0 Å². The number of halogens is 1. The van der Waals surface area contributed by atoms with E-state index in [1.165, 1.54) is 102 Å². The molecule has 2 rings (SSSR count). The highest BCUT2D eigenvalue weighted by atomic mass is 127. The molecule has 25 heavy (non-hydrogen) atoms. The third kappa shape index (κ3) is 9.10. The van der Waals surface area contributed by atoms with E-state index in [1.54, 1.807) is 0 Å². The van der Waals surface area contributed by atoms with Gasteiger partial charge in [0.2, 0.25) is 0 Å². The zero-order valence-corrected chi connectivity index (χ0v) is 19.8. The second kappa shape index (κ2) is 14.0. The summed E-state index contributed by atoms with van der Waals surface area (Å²) in [6.07, 6.45) is 22.4. The minimum absolute atomic E-state index is 0.591. The van der Waals surface area contributed by atoms with E-state index in [0.29, 0.717) is 6.10 Å². The van der Waals surface area contributed by atoms with Crippen molar-refractivity contribution in [3.8, 4) is 0 Å². The Morgan fingerprint density at radius 3 is 2.08 bits per heavy atom. The lowest BCUT2D eigenvalue weighted by Gasteiger charge is -2.38. The molecule has 0 spiro atoms. The van der Waals surface area contributed by atoms with Crippen molar-refractivity contribution >= 4 is 28.8 Å². The van der Waals surface area contributed by atoms with Gasteiger partial charge in [0.1, 0.15) is 7.02 Å². The van der Waals surface area contributed by atoms with Gasteiger partial charge in [0.25, 0.3) is 0 Å². The molecule has 0 bridgehead atoms. The summed E-state index contributed by atoms with van der Waals surface area (Å²) in [7, 11) is 1.06. The fraction of sp³-hybridized carbons (Fsp3) is 1.00. The predicted molar refractivity (Wildman–Crippen MR) is 120 cm³/mol. The van der Waals surface area contributed by atoms with Crippen molar-refractivity contribution in [2.75, 3.05) is 6.61 Å². The zero-order chi connectivity index (χ0) is 17.7. The van der Waals surface area contributed by atoms with Crippen LogP contribution in [0.2, 0.25) is 6.04 Å². The van der Waals surface area contributed by atoms with Gasteiger partial charge in [0.05, 0.1) is 6.10 Å². The first-order chi connectivity index (χ1) is 12.3. The lowest BCUT2D eigenvalue weighted by Crippen LogP contribution is -2.28. The van der Waals surface area contributed by atoms with Gasteiger partial charge in [0, 0.05) is 6.61 Å². The van der Waals surface area contributed by atoms with Crippen LogP contribution in [0, 0.1) is 17.8 Å². The molecule has 0 saturated heterocycles. The quantitative estimate of drug-likeness (QED) is 0.122. The summed E-state index contributed by atoms with van der Waals surface area (Å²) in [6, 6.07) is 1.34. The maximum atomic E-state index is 6.11. The largest absolute Gasteiger partial charge is 0.378 e. The normalized spacial score (nSPS) is 30.5. The van der Waals surface area contributed by atoms with Gasteiger partial charge in [-0.3, -0.25) is 0 Å². The molecule has 0 aliphatic heterocycles. The Bertz CT molecular complexity index is 309. The first-order valence-corrected chi connectivity index (χ1v) is 15.6. The summed E-state index contributed by atoms with van der Waals surface area (Å²) in [5.41, 5.74) is 0. The van der Waals surface area contributed by atoms with Crippen molar-refractivity contribution < 1.29 is 4.74 Å². The summed E-state index contributed by atoms with van der Waals surface area (Å²) >= 11 is 2.49. The van der Waals surface area contributed by atoms with Gasteiger partial charge in [-0.05, 0) is 68.7 Å². The summed E-state index contributed by atoms with van der Waals surface area (Å²) < 4.78 is 6.11. The molecule has 0 N–H and O–H groups in total. The second-order valence-corrected chi connectivity index (χ2v) is 11.7. The molecular weight excluding hydrogens is 435 g/mol. The number of unbranched alkanes of at least 4 members (excludes halogenated alkanes) is 4. The predicted octanol–water partition coefficient (Wildman–Crippen LogP) is 7.59. The Balaban J connectivity index is 1.52. The minimum Gasteiger partial charge on any atom is -0.378 e. The molecule has 0 aromatic rings. The number of rotatable bonds is 12. The van der Waals surface area contributed by atoms with Gasteiger partial charge in [0.15, 0.2) is 0 Å². The number of ether oxygens (including phenoxy) is 1. The molecule has 0 aromatic heterocycles. The third-order valence-corrected chi connectivity index (χ3v) is 8.92. The summed E-state index contributed by atoms with van der Waals surface area (Å²) in [5.74, 6) is 3.15. The Morgan fingerprint density at radius 1 is 0.800 bits per heavy atom. The molecule has 0 aromatic carbocycles. The van der Waals surface area contributed by atoms with E-state index < -0.39 is 0 Å². The van der Waals surface area contributed by atoms with E-state index in [2.05, 4.69) is 28.7 Å². The van der Waals surface area contributed by atoms with E-state index in [9.17, 15) is 0 Å². The van der Waals surface area contributed by atoms with Gasteiger partial charge < -0.3 is 4.74 Å². The van der Waals surface area contributed by atoms with Crippen LogP contribution in [-0.4, -0.2) is 19.7 Å². The Labute approximate surface area is 172 Å². The molecule has 146 valence electrons. The average molecular weight is 477 g/mol. The maximum absolute atomic E-state index is 6.11. The number of hydrogen-bond acceptors (Lipinski definition) is 1. The van der Waals surface area contributed by atoms with Crippen LogP contribution in [0.1, 0.15) is 103 Å². The van der Waals surface area contributed by atoms with Crippen molar-refractivity contribution in [1.82, 2.24) is 0 Å². The van der Waals surface area contributed by atoms with Crippen LogP contribution < -0.4 is 0 Å². The van der Waals surface area contributed by atoms with E-state index >= 15 is 0 Å². The lowest BCUT2D eigenvalue weighted by molar-refractivity contribution is 0.00730. The molecule has 2 aliphatic carbocycles. The molecule has 2 radical (unpaired) electrons. The number of hydrogen-bond donors (Lipinski definition) is 0. The molecular formula is C22H41IOSi. The van der Waals surface area contributed by atoms with E-state index in [-0.39, 0.29) is 0 Å². The highest BCUT2D eigenvalue weighted by molar-refractivity contribution is 14.1. The summed E-state index contributed by atoms with van der Waals surface area (Å²) in [4.78, 5) is 0. The van der Waals surface area contributed by atoms with E-state index in [4.69, 9.17) is 4.74 Å². The van der Waals surface area contributed by atoms with Crippen LogP contribution in [0.3, 0.4) is 0 Å². The average Bonchev–Trinajstić information content (AvgIpc) is 2.66.